The van der Waals surface area contributed by atoms with Crippen LogP contribution in [-0.4, -0.2) is 28.0 Å². The number of anilines is 1. The Kier molecular flexibility index (Phi) is 4.72. The second kappa shape index (κ2) is 6.94. The molecule has 1 amide bonds. The van der Waals surface area contributed by atoms with Crippen molar-refractivity contribution in [3.63, 3.8) is 0 Å². The minimum Gasteiger partial charge on any atom is -0.495 e. The molecule has 3 aromatic rings. The number of rotatable bonds is 4. The minimum absolute atomic E-state index is 0.259. The zero-order valence-electron chi connectivity index (χ0n) is 14.1. The van der Waals surface area contributed by atoms with Crippen LogP contribution in [-0.2, 0) is 0 Å². The predicted molar refractivity (Wildman–Crippen MR) is 96.8 cm³/mol. The number of nitrogens with zero attached hydrogens (tertiary/aromatic N) is 3. The Morgan fingerprint density at radius 1 is 1.20 bits per heavy atom. The molecule has 25 heavy (non-hydrogen) atoms. The Balaban J connectivity index is 1.87. The van der Waals surface area contributed by atoms with E-state index in [2.05, 4.69) is 15.6 Å². The summed E-state index contributed by atoms with van der Waals surface area (Å²) in [7, 11) is 1.53. The Labute approximate surface area is 150 Å². The van der Waals surface area contributed by atoms with Crippen molar-refractivity contribution in [1.82, 2.24) is 15.0 Å². The van der Waals surface area contributed by atoms with Crippen LogP contribution in [0.2, 0.25) is 5.02 Å². The van der Waals surface area contributed by atoms with Gasteiger partial charge in [0, 0.05) is 5.69 Å². The molecule has 1 aromatic heterocycles. The van der Waals surface area contributed by atoms with Gasteiger partial charge in [-0.1, -0.05) is 35.0 Å². The van der Waals surface area contributed by atoms with Crippen molar-refractivity contribution in [3.8, 4) is 11.4 Å². The third-order valence-electron chi connectivity index (χ3n) is 3.86. The van der Waals surface area contributed by atoms with E-state index >= 15 is 0 Å². The van der Waals surface area contributed by atoms with E-state index in [1.807, 2.05) is 38.1 Å². The number of ether oxygens (including phenoxy) is 1. The Morgan fingerprint density at radius 3 is 2.64 bits per heavy atom. The normalized spacial score (nSPS) is 10.6. The number of carbonyl (C=O) groups is 1. The Bertz CT molecular complexity index is 937. The molecule has 0 aliphatic carbocycles. The van der Waals surface area contributed by atoms with E-state index in [4.69, 9.17) is 16.3 Å². The fourth-order valence-corrected chi connectivity index (χ4v) is 2.76. The number of nitrogens with one attached hydrogen (secondary N) is 1. The van der Waals surface area contributed by atoms with Gasteiger partial charge in [-0.25, -0.2) is 4.68 Å². The van der Waals surface area contributed by atoms with Crippen molar-refractivity contribution < 1.29 is 9.53 Å². The summed E-state index contributed by atoms with van der Waals surface area (Å²) in [5, 5.41) is 11.3. The average molecular weight is 357 g/mol. The predicted octanol–water partition coefficient (Wildman–Crippen LogP) is 3.80. The van der Waals surface area contributed by atoms with Crippen LogP contribution in [0.25, 0.3) is 5.69 Å². The highest BCUT2D eigenvalue weighted by atomic mass is 35.5. The molecular weight excluding hydrogens is 340 g/mol. The molecule has 0 unspecified atom stereocenters. The van der Waals surface area contributed by atoms with Gasteiger partial charge in [0.1, 0.15) is 5.75 Å². The maximum absolute atomic E-state index is 12.5. The fraction of sp³-hybridized carbons (Fsp3) is 0.167. The number of amides is 1. The molecule has 7 heteroatoms. The van der Waals surface area contributed by atoms with E-state index in [1.54, 1.807) is 22.9 Å². The molecule has 0 radical (unpaired) electrons. The van der Waals surface area contributed by atoms with Gasteiger partial charge in [0.05, 0.1) is 23.5 Å². The van der Waals surface area contributed by atoms with Gasteiger partial charge in [0.25, 0.3) is 5.91 Å². The second-order valence-corrected chi connectivity index (χ2v) is 5.93. The first-order valence-electron chi connectivity index (χ1n) is 7.64. The summed E-state index contributed by atoms with van der Waals surface area (Å²) in [5.41, 5.74) is 3.41. The molecule has 0 bridgehead atoms. The van der Waals surface area contributed by atoms with Gasteiger partial charge >= 0.3 is 0 Å². The summed E-state index contributed by atoms with van der Waals surface area (Å²) in [6.45, 7) is 3.79. The number of halogens is 1. The fourth-order valence-electron chi connectivity index (χ4n) is 2.50. The minimum atomic E-state index is -0.349. The summed E-state index contributed by atoms with van der Waals surface area (Å²) >= 11 is 6.08. The highest BCUT2D eigenvalue weighted by Crippen LogP contribution is 2.27. The molecule has 2 aromatic carbocycles. The van der Waals surface area contributed by atoms with Crippen LogP contribution in [0.15, 0.2) is 42.5 Å². The quantitative estimate of drug-likeness (QED) is 0.772. The maximum atomic E-state index is 12.5. The molecule has 0 aliphatic heterocycles. The zero-order chi connectivity index (χ0) is 18.0. The summed E-state index contributed by atoms with van der Waals surface area (Å²) in [5.74, 6) is 0.194. The molecule has 6 nitrogen and oxygen atoms in total. The number of benzene rings is 2. The van der Waals surface area contributed by atoms with Crippen LogP contribution in [0.5, 0.6) is 5.75 Å². The monoisotopic (exact) mass is 356 g/mol. The lowest BCUT2D eigenvalue weighted by atomic mass is 10.2. The topological polar surface area (TPSA) is 69.0 Å². The molecule has 0 spiro atoms. The SMILES string of the molecule is COc1ccc(NC(=O)c2nnn(-c3ccccc3C)c2C)cc1Cl. The van der Waals surface area contributed by atoms with Crippen LogP contribution in [0.4, 0.5) is 5.69 Å². The van der Waals surface area contributed by atoms with Gasteiger partial charge in [0.2, 0.25) is 0 Å². The number of aromatic nitrogens is 3. The van der Waals surface area contributed by atoms with E-state index < -0.39 is 0 Å². The standard InChI is InChI=1S/C18H17ClN4O2/c1-11-6-4-5-7-15(11)23-12(2)17(21-22-23)18(24)20-13-8-9-16(25-3)14(19)10-13/h4-10H,1-3H3,(H,20,24). The van der Waals surface area contributed by atoms with Crippen LogP contribution >= 0.6 is 11.6 Å². The van der Waals surface area contributed by atoms with Crippen molar-refractivity contribution in [2.24, 2.45) is 0 Å². The maximum Gasteiger partial charge on any atom is 0.278 e. The van der Waals surface area contributed by atoms with Crippen LogP contribution in [0.3, 0.4) is 0 Å². The highest BCUT2D eigenvalue weighted by Gasteiger charge is 2.18. The lowest BCUT2D eigenvalue weighted by molar-refractivity contribution is 0.102. The molecule has 3 rings (SSSR count). The van der Waals surface area contributed by atoms with E-state index in [-0.39, 0.29) is 11.6 Å². The van der Waals surface area contributed by atoms with Crippen LogP contribution in [0, 0.1) is 13.8 Å². The number of methoxy groups -OCH3 is 1. The van der Waals surface area contributed by atoms with Crippen molar-refractivity contribution >= 4 is 23.2 Å². The van der Waals surface area contributed by atoms with Crippen molar-refractivity contribution in [2.75, 3.05) is 12.4 Å². The van der Waals surface area contributed by atoms with Crippen molar-refractivity contribution in [3.05, 3.63) is 64.4 Å². The van der Waals surface area contributed by atoms with Gasteiger partial charge in [-0.2, -0.15) is 0 Å². The van der Waals surface area contributed by atoms with E-state index in [0.29, 0.717) is 22.2 Å². The molecule has 0 aliphatic rings. The van der Waals surface area contributed by atoms with Gasteiger partial charge in [-0.15, -0.1) is 5.10 Å². The largest absolute Gasteiger partial charge is 0.495 e. The smallest absolute Gasteiger partial charge is 0.278 e. The van der Waals surface area contributed by atoms with Crippen LogP contribution in [0.1, 0.15) is 21.7 Å². The molecule has 0 fully saturated rings. The molecule has 1 heterocycles. The van der Waals surface area contributed by atoms with E-state index in [1.165, 1.54) is 7.11 Å². The summed E-state index contributed by atoms with van der Waals surface area (Å²) < 4.78 is 6.76. The van der Waals surface area contributed by atoms with Gasteiger partial charge < -0.3 is 10.1 Å². The van der Waals surface area contributed by atoms with Crippen molar-refractivity contribution in [2.45, 2.75) is 13.8 Å². The van der Waals surface area contributed by atoms with Crippen molar-refractivity contribution in [1.29, 1.82) is 0 Å². The van der Waals surface area contributed by atoms with Crippen LogP contribution < -0.4 is 10.1 Å². The number of hydrogen-bond donors (Lipinski definition) is 1. The summed E-state index contributed by atoms with van der Waals surface area (Å²) in [6.07, 6.45) is 0. The number of carbonyl (C=O) groups excluding carboxylic acids is 1. The lowest BCUT2D eigenvalue weighted by Gasteiger charge is -2.08. The molecule has 0 saturated carbocycles. The van der Waals surface area contributed by atoms with Gasteiger partial charge in [-0.3, -0.25) is 4.79 Å². The van der Waals surface area contributed by atoms with Gasteiger partial charge in [-0.05, 0) is 43.7 Å². The Morgan fingerprint density at radius 2 is 1.96 bits per heavy atom. The first-order chi connectivity index (χ1) is 12.0. The summed E-state index contributed by atoms with van der Waals surface area (Å²) in [4.78, 5) is 12.5. The zero-order valence-corrected chi connectivity index (χ0v) is 14.8. The first kappa shape index (κ1) is 17.0. The average Bonchev–Trinajstić information content (AvgIpc) is 2.97. The lowest BCUT2D eigenvalue weighted by Crippen LogP contribution is -2.14. The van der Waals surface area contributed by atoms with Gasteiger partial charge in [0.15, 0.2) is 5.69 Å². The second-order valence-electron chi connectivity index (χ2n) is 5.53. The molecule has 0 saturated heterocycles. The molecule has 1 N–H and O–H groups in total. The molecule has 128 valence electrons. The summed E-state index contributed by atoms with van der Waals surface area (Å²) in [6, 6.07) is 12.8. The third kappa shape index (κ3) is 3.34. The number of hydrogen-bond acceptors (Lipinski definition) is 4. The number of aryl methyl sites for hydroxylation is 1. The molecular formula is C18H17ClN4O2. The highest BCUT2D eigenvalue weighted by molar-refractivity contribution is 6.32. The first-order valence-corrected chi connectivity index (χ1v) is 8.02. The van der Waals surface area contributed by atoms with E-state index in [0.717, 1.165) is 11.3 Å². The Hall–Kier alpha value is -2.86. The third-order valence-corrected chi connectivity index (χ3v) is 4.16. The van der Waals surface area contributed by atoms with E-state index in [9.17, 15) is 4.79 Å². The molecule has 0 atom stereocenters. The number of para-hydroxylation sites is 1.